The number of Topliss-reactive ketones (excluding diaryl/α,β-unsaturated/α-hetero) is 1. The molecule has 6 heteroatoms. The topological polar surface area (TPSA) is 67.8 Å². The molecular formula is C15H24NO4P. The first-order valence-electron chi connectivity index (χ1n) is 7.05. The minimum absolute atomic E-state index is 0.0112. The molecule has 0 aromatic heterocycles. The SMILES string of the molecule is CC(C)NC(Cc1ccc(POOO)cc1)C(=O)C(C)C. The van der Waals surface area contributed by atoms with E-state index >= 15 is 0 Å². The summed E-state index contributed by atoms with van der Waals surface area (Å²) < 4.78 is 4.48. The first-order chi connectivity index (χ1) is 9.93. The summed E-state index contributed by atoms with van der Waals surface area (Å²) in [6.45, 7) is 7.93. The predicted octanol–water partition coefficient (Wildman–Crippen LogP) is 2.46. The molecule has 0 amide bonds. The molecule has 0 heterocycles. The van der Waals surface area contributed by atoms with Crippen LogP contribution in [0.3, 0.4) is 0 Å². The van der Waals surface area contributed by atoms with Crippen LogP contribution in [0.15, 0.2) is 24.3 Å². The summed E-state index contributed by atoms with van der Waals surface area (Å²) in [5, 5.41) is 16.0. The molecule has 2 N–H and O–H groups in total. The smallest absolute Gasteiger partial charge is 0.152 e. The molecule has 0 aliphatic heterocycles. The van der Waals surface area contributed by atoms with Gasteiger partial charge in [0, 0.05) is 17.3 Å². The van der Waals surface area contributed by atoms with Gasteiger partial charge in [-0.15, -0.1) is 0 Å². The highest BCUT2D eigenvalue weighted by molar-refractivity contribution is 7.41. The zero-order chi connectivity index (χ0) is 15.8. The number of hydrogen-bond donors (Lipinski definition) is 2. The Morgan fingerprint density at radius 3 is 2.33 bits per heavy atom. The summed E-state index contributed by atoms with van der Waals surface area (Å²) in [7, 11) is -0.0704. The van der Waals surface area contributed by atoms with Gasteiger partial charge in [0.15, 0.2) is 5.78 Å². The van der Waals surface area contributed by atoms with E-state index in [0.29, 0.717) is 6.42 Å². The van der Waals surface area contributed by atoms with Crippen molar-refractivity contribution in [2.24, 2.45) is 5.92 Å². The first kappa shape index (κ1) is 18.2. The normalized spacial score (nSPS) is 13.5. The molecule has 0 fully saturated rings. The van der Waals surface area contributed by atoms with Crippen molar-refractivity contribution >= 4 is 19.9 Å². The van der Waals surface area contributed by atoms with Crippen LogP contribution in [0, 0.1) is 5.92 Å². The van der Waals surface area contributed by atoms with Gasteiger partial charge in [0.1, 0.15) is 0 Å². The van der Waals surface area contributed by atoms with Crippen LogP contribution >= 0.6 is 8.81 Å². The lowest BCUT2D eigenvalue weighted by atomic mass is 9.95. The third-order valence-corrected chi connectivity index (χ3v) is 3.76. The van der Waals surface area contributed by atoms with Crippen molar-refractivity contribution in [1.29, 1.82) is 0 Å². The molecule has 2 unspecified atom stereocenters. The van der Waals surface area contributed by atoms with Crippen LogP contribution in [0.2, 0.25) is 0 Å². The van der Waals surface area contributed by atoms with E-state index in [4.69, 9.17) is 5.26 Å². The number of rotatable bonds is 9. The second-order valence-corrected chi connectivity index (χ2v) is 6.54. The number of carbonyl (C=O) groups excluding carboxylic acids is 1. The van der Waals surface area contributed by atoms with Crippen molar-refractivity contribution in [3.05, 3.63) is 29.8 Å². The zero-order valence-corrected chi connectivity index (χ0v) is 13.9. The highest BCUT2D eigenvalue weighted by Gasteiger charge is 2.21. The number of nitrogens with one attached hydrogen (secondary N) is 1. The number of carbonyl (C=O) groups is 1. The van der Waals surface area contributed by atoms with Crippen molar-refractivity contribution in [3.8, 4) is 0 Å². The van der Waals surface area contributed by atoms with Crippen LogP contribution < -0.4 is 10.6 Å². The van der Waals surface area contributed by atoms with Crippen molar-refractivity contribution in [1.82, 2.24) is 5.32 Å². The van der Waals surface area contributed by atoms with Gasteiger partial charge in [-0.1, -0.05) is 57.0 Å². The minimum atomic E-state index is -0.171. The molecule has 0 spiro atoms. The van der Waals surface area contributed by atoms with Gasteiger partial charge in [-0.05, 0) is 12.0 Å². The van der Waals surface area contributed by atoms with Gasteiger partial charge in [0.25, 0.3) is 0 Å². The quantitative estimate of drug-likeness (QED) is 0.416. The molecule has 0 saturated carbocycles. The van der Waals surface area contributed by atoms with Crippen LogP contribution in [-0.2, 0) is 20.9 Å². The zero-order valence-electron chi connectivity index (χ0n) is 12.9. The lowest BCUT2D eigenvalue weighted by molar-refractivity contribution is -0.434. The van der Waals surface area contributed by atoms with Crippen molar-refractivity contribution in [3.63, 3.8) is 0 Å². The minimum Gasteiger partial charge on any atom is -0.305 e. The van der Waals surface area contributed by atoms with Crippen molar-refractivity contribution in [2.75, 3.05) is 0 Å². The fourth-order valence-corrected chi connectivity index (χ4v) is 2.49. The van der Waals surface area contributed by atoms with Gasteiger partial charge in [-0.2, -0.15) is 4.67 Å². The number of hydrogen-bond acceptors (Lipinski definition) is 5. The summed E-state index contributed by atoms with van der Waals surface area (Å²) >= 11 is 0. The van der Waals surface area contributed by atoms with E-state index in [1.165, 1.54) is 0 Å². The summed E-state index contributed by atoms with van der Waals surface area (Å²) in [5.41, 5.74) is 1.08. The van der Waals surface area contributed by atoms with E-state index < -0.39 is 0 Å². The van der Waals surface area contributed by atoms with Crippen LogP contribution in [-0.4, -0.2) is 23.1 Å². The molecule has 1 aromatic rings. The Morgan fingerprint density at radius 1 is 1.24 bits per heavy atom. The third-order valence-electron chi connectivity index (χ3n) is 3.04. The molecule has 0 aliphatic carbocycles. The van der Waals surface area contributed by atoms with Gasteiger partial charge in [0.05, 0.1) is 14.8 Å². The molecule has 0 radical (unpaired) electrons. The van der Waals surface area contributed by atoms with E-state index in [1.807, 2.05) is 52.0 Å². The van der Waals surface area contributed by atoms with Gasteiger partial charge in [0.2, 0.25) is 0 Å². The third kappa shape index (κ3) is 6.64. The molecule has 118 valence electrons. The van der Waals surface area contributed by atoms with E-state index in [-0.39, 0.29) is 32.6 Å². The Morgan fingerprint density at radius 2 is 1.86 bits per heavy atom. The molecule has 1 rings (SSSR count). The monoisotopic (exact) mass is 313 g/mol. The second-order valence-electron chi connectivity index (χ2n) is 5.59. The fourth-order valence-electron chi connectivity index (χ4n) is 2.06. The molecule has 2 atom stereocenters. The maximum atomic E-state index is 12.3. The van der Waals surface area contributed by atoms with Crippen LogP contribution in [0.25, 0.3) is 0 Å². The lowest BCUT2D eigenvalue weighted by Crippen LogP contribution is -2.44. The van der Waals surface area contributed by atoms with Gasteiger partial charge in [-0.25, -0.2) is 5.26 Å². The standard InChI is InChI=1S/C15H24NO4P/c1-10(2)15(17)14(16-11(3)4)9-12-5-7-13(8-6-12)21-20-19-18/h5-8,10-11,14,16,18,21H,9H2,1-4H3. The highest BCUT2D eigenvalue weighted by Crippen LogP contribution is 2.14. The Kier molecular flexibility index (Phi) is 8.01. The summed E-state index contributed by atoms with van der Waals surface area (Å²) in [5.74, 6) is 0.240. The molecule has 5 nitrogen and oxygen atoms in total. The Labute approximate surface area is 127 Å². The Balaban J connectivity index is 2.71. The maximum Gasteiger partial charge on any atom is 0.152 e. The van der Waals surface area contributed by atoms with Crippen molar-refractivity contribution < 1.29 is 19.8 Å². The largest absolute Gasteiger partial charge is 0.305 e. The predicted molar refractivity (Wildman–Crippen MR) is 84.8 cm³/mol. The maximum absolute atomic E-state index is 12.3. The Hall–Kier alpha value is -0.840. The van der Waals surface area contributed by atoms with Gasteiger partial charge >= 0.3 is 0 Å². The van der Waals surface area contributed by atoms with E-state index in [0.717, 1.165) is 10.9 Å². The molecule has 0 saturated heterocycles. The lowest BCUT2D eigenvalue weighted by Gasteiger charge is -2.22. The highest BCUT2D eigenvalue weighted by atomic mass is 31.1. The van der Waals surface area contributed by atoms with Crippen molar-refractivity contribution in [2.45, 2.75) is 46.2 Å². The fraction of sp³-hybridized carbons (Fsp3) is 0.533. The first-order valence-corrected chi connectivity index (χ1v) is 7.96. The van der Waals surface area contributed by atoms with Crippen LogP contribution in [0.4, 0.5) is 0 Å². The molecule has 1 aromatic carbocycles. The average Bonchev–Trinajstić information content (AvgIpc) is 2.44. The molecule has 21 heavy (non-hydrogen) atoms. The molecular weight excluding hydrogens is 289 g/mol. The number of benzene rings is 1. The van der Waals surface area contributed by atoms with E-state index in [2.05, 4.69) is 15.0 Å². The average molecular weight is 313 g/mol. The number of ketones is 1. The second kappa shape index (κ2) is 9.23. The summed E-state index contributed by atoms with van der Waals surface area (Å²) in [4.78, 5) is 12.3. The van der Waals surface area contributed by atoms with Gasteiger partial charge < -0.3 is 5.32 Å². The Bertz CT molecular complexity index is 434. The molecule has 0 bridgehead atoms. The van der Waals surface area contributed by atoms with Crippen LogP contribution in [0.5, 0.6) is 0 Å². The summed E-state index contributed by atoms with van der Waals surface area (Å²) in [6, 6.07) is 7.82. The summed E-state index contributed by atoms with van der Waals surface area (Å²) in [6.07, 6.45) is 0.663. The molecule has 0 aliphatic rings. The van der Waals surface area contributed by atoms with Crippen LogP contribution in [0.1, 0.15) is 33.3 Å². The van der Waals surface area contributed by atoms with Gasteiger partial charge in [-0.3, -0.25) is 4.79 Å². The van der Waals surface area contributed by atoms with E-state index in [1.54, 1.807) is 0 Å². The van der Waals surface area contributed by atoms with E-state index in [9.17, 15) is 4.79 Å².